The van der Waals surface area contributed by atoms with Crippen LogP contribution in [0.25, 0.3) is 0 Å². The summed E-state index contributed by atoms with van der Waals surface area (Å²) in [6.07, 6.45) is -1.62. The number of rotatable bonds is 3. The fraction of sp³-hybridized carbons (Fsp3) is 0.273. The minimum Gasteiger partial charge on any atom is -0.493 e. The predicted molar refractivity (Wildman–Crippen MR) is 62.3 cm³/mol. The molecule has 0 spiro atoms. The molecular formula is C11H14N2O5. The van der Waals surface area contributed by atoms with Gasteiger partial charge in [-0.1, -0.05) is 12.1 Å². The Balaban J connectivity index is 2.47. The number of benzene rings is 1. The second kappa shape index (κ2) is 7.00. The van der Waals surface area contributed by atoms with Crippen LogP contribution < -0.4 is 20.3 Å². The van der Waals surface area contributed by atoms with Crippen LogP contribution >= 0.6 is 0 Å². The zero-order chi connectivity index (χ0) is 13.4. The number of para-hydroxylation sites is 2. The second-order valence-electron chi connectivity index (χ2n) is 3.01. The lowest BCUT2D eigenvalue weighted by atomic mass is 10.3. The van der Waals surface area contributed by atoms with E-state index in [-0.39, 0.29) is 12.4 Å². The summed E-state index contributed by atoms with van der Waals surface area (Å²) in [7, 11) is 1.46. The first-order chi connectivity index (χ1) is 8.67. The summed E-state index contributed by atoms with van der Waals surface area (Å²) in [5.41, 5.74) is 4.04. The van der Waals surface area contributed by atoms with E-state index >= 15 is 0 Å². The minimum atomic E-state index is -0.854. The van der Waals surface area contributed by atoms with Gasteiger partial charge in [-0.05, 0) is 19.1 Å². The standard InChI is InChI=1S/C11H14N2O5/c1-3-17-10(14)12-13-11(15)18-9-7-5-4-6-8(9)16-2/h4-7H,3H2,1-2H3,(H,12,14)(H,13,15). The predicted octanol–water partition coefficient (Wildman–Crippen LogP) is 1.44. The fourth-order valence-corrected chi connectivity index (χ4v) is 1.10. The van der Waals surface area contributed by atoms with Crippen molar-refractivity contribution in [3.63, 3.8) is 0 Å². The van der Waals surface area contributed by atoms with Crippen molar-refractivity contribution in [2.24, 2.45) is 0 Å². The van der Waals surface area contributed by atoms with Crippen LogP contribution in [0.1, 0.15) is 6.92 Å². The highest BCUT2D eigenvalue weighted by Crippen LogP contribution is 2.25. The minimum absolute atomic E-state index is 0.203. The largest absolute Gasteiger partial charge is 0.493 e. The zero-order valence-corrected chi connectivity index (χ0v) is 10.1. The molecule has 98 valence electrons. The Hall–Kier alpha value is -2.44. The van der Waals surface area contributed by atoms with Crippen molar-refractivity contribution in [2.45, 2.75) is 6.92 Å². The molecule has 0 aromatic heterocycles. The van der Waals surface area contributed by atoms with Gasteiger partial charge >= 0.3 is 12.2 Å². The summed E-state index contributed by atoms with van der Waals surface area (Å²) in [5.74, 6) is 0.645. The van der Waals surface area contributed by atoms with Gasteiger partial charge in [-0.3, -0.25) is 0 Å². The molecule has 1 aromatic carbocycles. The third-order valence-electron chi connectivity index (χ3n) is 1.81. The van der Waals surface area contributed by atoms with E-state index in [1.807, 2.05) is 10.9 Å². The molecule has 0 bridgehead atoms. The molecule has 0 aliphatic carbocycles. The normalized spacial score (nSPS) is 9.22. The van der Waals surface area contributed by atoms with E-state index in [1.165, 1.54) is 7.11 Å². The van der Waals surface area contributed by atoms with Crippen molar-refractivity contribution >= 4 is 12.2 Å². The molecule has 0 saturated heterocycles. The number of hydrogen-bond acceptors (Lipinski definition) is 5. The number of hydrazine groups is 1. The number of carbonyl (C=O) groups excluding carboxylic acids is 2. The first-order valence-corrected chi connectivity index (χ1v) is 5.21. The summed E-state index contributed by atoms with van der Waals surface area (Å²) in [6, 6.07) is 6.62. The number of carbonyl (C=O) groups is 2. The first kappa shape index (κ1) is 13.6. The van der Waals surface area contributed by atoms with Gasteiger partial charge in [0.05, 0.1) is 13.7 Å². The SMILES string of the molecule is CCOC(=O)NNC(=O)Oc1ccccc1OC. The topological polar surface area (TPSA) is 85.9 Å². The van der Waals surface area contributed by atoms with Crippen LogP contribution in [0.5, 0.6) is 11.5 Å². The van der Waals surface area contributed by atoms with Crippen molar-refractivity contribution in [2.75, 3.05) is 13.7 Å². The molecule has 2 amide bonds. The first-order valence-electron chi connectivity index (χ1n) is 5.21. The van der Waals surface area contributed by atoms with Gasteiger partial charge in [0.15, 0.2) is 11.5 Å². The van der Waals surface area contributed by atoms with Gasteiger partial charge < -0.3 is 14.2 Å². The van der Waals surface area contributed by atoms with Crippen LogP contribution in [0, 0.1) is 0 Å². The highest BCUT2D eigenvalue weighted by molar-refractivity contribution is 5.75. The van der Waals surface area contributed by atoms with E-state index in [0.29, 0.717) is 5.75 Å². The lowest BCUT2D eigenvalue weighted by Crippen LogP contribution is -2.43. The Morgan fingerprint density at radius 3 is 2.33 bits per heavy atom. The lowest BCUT2D eigenvalue weighted by molar-refractivity contribution is 0.143. The molecule has 7 nitrogen and oxygen atoms in total. The Morgan fingerprint density at radius 1 is 1.11 bits per heavy atom. The molecule has 0 atom stereocenters. The molecule has 1 aromatic rings. The maximum atomic E-state index is 11.3. The summed E-state index contributed by atoms with van der Waals surface area (Å²) in [5, 5.41) is 0. The van der Waals surface area contributed by atoms with E-state index in [4.69, 9.17) is 9.47 Å². The fourth-order valence-electron chi connectivity index (χ4n) is 1.10. The van der Waals surface area contributed by atoms with Gasteiger partial charge in [-0.25, -0.2) is 20.4 Å². The molecule has 1 rings (SSSR count). The van der Waals surface area contributed by atoms with Crippen molar-refractivity contribution < 1.29 is 23.8 Å². The second-order valence-corrected chi connectivity index (χ2v) is 3.01. The van der Waals surface area contributed by atoms with Crippen molar-refractivity contribution in [1.82, 2.24) is 10.9 Å². The third-order valence-corrected chi connectivity index (χ3v) is 1.81. The van der Waals surface area contributed by atoms with E-state index in [1.54, 1.807) is 31.2 Å². The number of hydrogen-bond donors (Lipinski definition) is 2. The Labute approximate surface area is 104 Å². The van der Waals surface area contributed by atoms with Crippen LogP contribution in [0.3, 0.4) is 0 Å². The van der Waals surface area contributed by atoms with E-state index < -0.39 is 12.2 Å². The average molecular weight is 254 g/mol. The van der Waals surface area contributed by atoms with Crippen LogP contribution in [0.4, 0.5) is 9.59 Å². The summed E-state index contributed by atoms with van der Waals surface area (Å²) in [6.45, 7) is 1.85. The molecular weight excluding hydrogens is 240 g/mol. The molecule has 0 radical (unpaired) electrons. The molecule has 0 heterocycles. The van der Waals surface area contributed by atoms with Crippen molar-refractivity contribution in [3.05, 3.63) is 24.3 Å². The van der Waals surface area contributed by atoms with Crippen LogP contribution in [-0.2, 0) is 4.74 Å². The number of methoxy groups -OCH3 is 1. The lowest BCUT2D eigenvalue weighted by Gasteiger charge is -2.10. The van der Waals surface area contributed by atoms with E-state index in [9.17, 15) is 9.59 Å². The van der Waals surface area contributed by atoms with Gasteiger partial charge in [-0.2, -0.15) is 0 Å². The van der Waals surface area contributed by atoms with Crippen LogP contribution in [0.15, 0.2) is 24.3 Å². The molecule has 0 unspecified atom stereocenters. The Morgan fingerprint density at radius 2 is 1.72 bits per heavy atom. The number of ether oxygens (including phenoxy) is 3. The number of nitrogens with one attached hydrogen (secondary N) is 2. The summed E-state index contributed by atoms with van der Waals surface area (Å²) >= 11 is 0. The maximum Gasteiger partial charge on any atom is 0.431 e. The molecule has 7 heteroatoms. The smallest absolute Gasteiger partial charge is 0.431 e. The van der Waals surface area contributed by atoms with Crippen LogP contribution in [-0.4, -0.2) is 25.9 Å². The van der Waals surface area contributed by atoms with Crippen molar-refractivity contribution in [1.29, 1.82) is 0 Å². The highest BCUT2D eigenvalue weighted by Gasteiger charge is 2.10. The van der Waals surface area contributed by atoms with E-state index in [2.05, 4.69) is 4.74 Å². The monoisotopic (exact) mass is 254 g/mol. The quantitative estimate of drug-likeness (QED) is 0.797. The summed E-state index contributed by atoms with van der Waals surface area (Å²) in [4.78, 5) is 22.2. The molecule has 18 heavy (non-hydrogen) atoms. The van der Waals surface area contributed by atoms with Gasteiger partial charge in [0, 0.05) is 0 Å². The van der Waals surface area contributed by atoms with Gasteiger partial charge in [0.1, 0.15) is 0 Å². The average Bonchev–Trinajstić information content (AvgIpc) is 2.37. The Kier molecular flexibility index (Phi) is 5.30. The zero-order valence-electron chi connectivity index (χ0n) is 10.1. The number of amides is 2. The highest BCUT2D eigenvalue weighted by atomic mass is 16.6. The molecule has 2 N–H and O–H groups in total. The van der Waals surface area contributed by atoms with Gasteiger partial charge in [-0.15, -0.1) is 0 Å². The third kappa shape index (κ3) is 4.20. The van der Waals surface area contributed by atoms with Gasteiger partial charge in [0.2, 0.25) is 0 Å². The molecule has 0 fully saturated rings. The molecule has 0 aliphatic rings. The molecule has 0 aliphatic heterocycles. The van der Waals surface area contributed by atoms with Gasteiger partial charge in [0.25, 0.3) is 0 Å². The Bertz CT molecular complexity index is 422. The van der Waals surface area contributed by atoms with Crippen molar-refractivity contribution in [3.8, 4) is 11.5 Å². The van der Waals surface area contributed by atoms with E-state index in [0.717, 1.165) is 0 Å². The van der Waals surface area contributed by atoms with Crippen LogP contribution in [0.2, 0.25) is 0 Å². The molecule has 0 saturated carbocycles. The summed E-state index contributed by atoms with van der Waals surface area (Å²) < 4.78 is 14.5. The maximum absolute atomic E-state index is 11.3.